The highest BCUT2D eigenvalue weighted by atomic mass is 32.2. The fourth-order valence-corrected chi connectivity index (χ4v) is 3.78. The minimum absolute atomic E-state index is 0.235. The predicted octanol–water partition coefficient (Wildman–Crippen LogP) is 1.97. The summed E-state index contributed by atoms with van der Waals surface area (Å²) in [6.45, 7) is 1.19. The van der Waals surface area contributed by atoms with E-state index < -0.39 is 73.6 Å². The Labute approximate surface area is 203 Å². The van der Waals surface area contributed by atoms with Crippen LogP contribution in [0.3, 0.4) is 0 Å². The third kappa shape index (κ3) is 4.96. The molecule has 4 heterocycles. The van der Waals surface area contributed by atoms with E-state index in [9.17, 15) is 40.8 Å². The number of carbonyl (C=O) groups is 1. The van der Waals surface area contributed by atoms with Gasteiger partial charge in [0.2, 0.25) is 6.23 Å². The molecule has 12 nitrogen and oxygen atoms in total. The lowest BCUT2D eigenvalue weighted by atomic mass is 10.2. The van der Waals surface area contributed by atoms with Gasteiger partial charge in [-0.1, -0.05) is 0 Å². The smallest absolute Gasteiger partial charge is 0.307 e. The van der Waals surface area contributed by atoms with Gasteiger partial charge in [-0.25, -0.2) is 18.5 Å². The number of fused-ring (bicyclic) bond motifs is 3. The predicted molar refractivity (Wildman–Crippen MR) is 117 cm³/mol. The van der Waals surface area contributed by atoms with Crippen LogP contribution in [0.5, 0.6) is 0 Å². The van der Waals surface area contributed by atoms with Gasteiger partial charge in [0.25, 0.3) is 21.6 Å². The van der Waals surface area contributed by atoms with Crippen LogP contribution < -0.4 is 10.9 Å². The monoisotopic (exact) mass is 539 g/mol. The van der Waals surface area contributed by atoms with Crippen molar-refractivity contribution in [3.05, 3.63) is 64.1 Å². The molecule has 0 aliphatic carbocycles. The number of aromatic nitrogens is 5. The number of amides is 1. The number of alkyl halides is 3. The van der Waals surface area contributed by atoms with Crippen molar-refractivity contribution in [3.8, 4) is 6.07 Å². The maximum absolute atomic E-state index is 13.4. The summed E-state index contributed by atoms with van der Waals surface area (Å²) in [5, 5.41) is 14.8. The summed E-state index contributed by atoms with van der Waals surface area (Å²) in [5.41, 5.74) is -4.01. The van der Waals surface area contributed by atoms with E-state index in [1.54, 1.807) is 6.07 Å². The van der Waals surface area contributed by atoms with Crippen molar-refractivity contribution in [2.24, 2.45) is 0 Å². The molecule has 0 aliphatic rings. The minimum Gasteiger partial charge on any atom is -0.307 e. The van der Waals surface area contributed by atoms with Crippen molar-refractivity contribution in [3.63, 3.8) is 0 Å². The van der Waals surface area contributed by atoms with E-state index in [0.29, 0.717) is 15.1 Å². The number of hydrogen-bond donors (Lipinski definition) is 1. The second kappa shape index (κ2) is 9.22. The zero-order valence-corrected chi connectivity index (χ0v) is 19.2. The molecule has 0 aromatic carbocycles. The Hall–Kier alpha value is -4.43. The highest BCUT2D eigenvalue weighted by Crippen LogP contribution is 2.29. The third-order valence-corrected chi connectivity index (χ3v) is 6.08. The van der Waals surface area contributed by atoms with E-state index in [-0.39, 0.29) is 5.82 Å². The maximum Gasteiger partial charge on any atom is 0.433 e. The Balaban J connectivity index is 2.00. The van der Waals surface area contributed by atoms with Gasteiger partial charge in [-0.15, -0.1) is 0 Å². The first-order chi connectivity index (χ1) is 17.3. The molecule has 192 valence electrons. The van der Waals surface area contributed by atoms with Crippen LogP contribution >= 0.6 is 0 Å². The molecule has 1 N–H and O–H groups in total. The molecular formula is C20H13F4N7O5S. The molecule has 0 fully saturated rings. The van der Waals surface area contributed by atoms with Crippen LogP contribution in [0, 0.1) is 17.1 Å². The van der Waals surface area contributed by atoms with Crippen LogP contribution in [0.15, 0.2) is 41.3 Å². The highest BCUT2D eigenvalue weighted by Gasteiger charge is 2.35. The van der Waals surface area contributed by atoms with Gasteiger partial charge < -0.3 is 5.32 Å². The summed E-state index contributed by atoms with van der Waals surface area (Å²) >= 11 is 0. The number of carbonyl (C=O) groups excluding carboxylic acids is 1. The van der Waals surface area contributed by atoms with E-state index in [4.69, 9.17) is 4.18 Å². The highest BCUT2D eigenvalue weighted by molar-refractivity contribution is 7.86. The Morgan fingerprint density at radius 1 is 1.27 bits per heavy atom. The Morgan fingerprint density at radius 3 is 2.59 bits per heavy atom. The summed E-state index contributed by atoms with van der Waals surface area (Å²) in [7, 11) is -4.43. The lowest BCUT2D eigenvalue weighted by molar-refractivity contribution is -0.141. The number of anilines is 1. The average molecular weight is 539 g/mol. The minimum atomic E-state index is -4.89. The zero-order chi connectivity index (χ0) is 27.1. The van der Waals surface area contributed by atoms with Gasteiger partial charge in [0.15, 0.2) is 11.3 Å². The van der Waals surface area contributed by atoms with Crippen LogP contribution in [0.2, 0.25) is 0 Å². The number of hydrogen-bond acceptors (Lipinski definition) is 9. The van der Waals surface area contributed by atoms with Gasteiger partial charge in [-0.2, -0.15) is 36.5 Å². The van der Waals surface area contributed by atoms with Crippen LogP contribution in [0.4, 0.5) is 23.4 Å². The summed E-state index contributed by atoms with van der Waals surface area (Å²) < 4.78 is 83.8. The first-order valence-electron chi connectivity index (χ1n) is 10.1. The van der Waals surface area contributed by atoms with E-state index in [2.05, 4.69) is 20.4 Å². The molecule has 1 unspecified atom stereocenters. The normalized spacial score (nSPS) is 13.0. The fourth-order valence-electron chi connectivity index (χ4n) is 3.20. The molecule has 4 aromatic heterocycles. The zero-order valence-electron chi connectivity index (χ0n) is 18.4. The van der Waals surface area contributed by atoms with Crippen molar-refractivity contribution < 1.29 is 35.0 Å². The summed E-state index contributed by atoms with van der Waals surface area (Å²) in [6.07, 6.45) is -6.40. The standard InChI is InChI=1S/C20H13F4N7O5S/c1-2-37(34,35)36-19(17(32)28-14-6-3-10(21)9-26-14)30-15-7-11(8-25)29-31(15)16-12(18(30)33)4-5-13(27-16)20(22,23)24/h3-7,9,19H,2H2,1H3,(H,26,28,32). The third-order valence-electron chi connectivity index (χ3n) is 4.90. The lowest BCUT2D eigenvalue weighted by Gasteiger charge is -2.20. The van der Waals surface area contributed by atoms with Crippen molar-refractivity contribution >= 4 is 38.5 Å². The van der Waals surface area contributed by atoms with Crippen molar-refractivity contribution in [1.29, 1.82) is 5.26 Å². The van der Waals surface area contributed by atoms with Crippen molar-refractivity contribution in [2.45, 2.75) is 19.3 Å². The average Bonchev–Trinajstić information content (AvgIpc) is 3.28. The summed E-state index contributed by atoms with van der Waals surface area (Å²) in [6, 6.07) is 5.84. The Morgan fingerprint density at radius 2 is 2.00 bits per heavy atom. The fraction of sp³-hybridized carbons (Fsp3) is 0.200. The van der Waals surface area contributed by atoms with Gasteiger partial charge in [0.05, 0.1) is 17.3 Å². The van der Waals surface area contributed by atoms with Gasteiger partial charge >= 0.3 is 6.18 Å². The van der Waals surface area contributed by atoms with Gasteiger partial charge in [0, 0.05) is 6.07 Å². The molecule has 4 aromatic rings. The molecule has 0 spiro atoms. The van der Waals surface area contributed by atoms with E-state index in [1.165, 1.54) is 6.92 Å². The molecule has 0 bridgehead atoms. The summed E-state index contributed by atoms with van der Waals surface area (Å²) in [4.78, 5) is 33.6. The Bertz CT molecular complexity index is 1740. The molecule has 0 radical (unpaired) electrons. The largest absolute Gasteiger partial charge is 0.433 e. The lowest BCUT2D eigenvalue weighted by Crippen LogP contribution is -2.38. The van der Waals surface area contributed by atoms with Crippen molar-refractivity contribution in [2.75, 3.05) is 11.1 Å². The number of nitrogens with one attached hydrogen (secondary N) is 1. The topological polar surface area (TPSA) is 161 Å². The first-order valence-corrected chi connectivity index (χ1v) is 11.7. The number of rotatable bonds is 6. The van der Waals surface area contributed by atoms with Gasteiger partial charge in [0.1, 0.15) is 29.0 Å². The first kappa shape index (κ1) is 25.7. The molecule has 37 heavy (non-hydrogen) atoms. The molecule has 0 saturated carbocycles. The molecule has 0 aliphatic heterocycles. The van der Waals surface area contributed by atoms with E-state index in [1.807, 2.05) is 0 Å². The van der Waals surface area contributed by atoms with Crippen LogP contribution in [-0.4, -0.2) is 44.2 Å². The van der Waals surface area contributed by atoms with Gasteiger partial charge in [-0.05, 0) is 31.2 Å². The van der Waals surface area contributed by atoms with Crippen LogP contribution in [0.1, 0.15) is 24.5 Å². The number of nitriles is 1. The molecule has 1 atom stereocenters. The number of nitrogens with zero attached hydrogens (tertiary/aromatic N) is 6. The van der Waals surface area contributed by atoms with Gasteiger partial charge in [-0.3, -0.25) is 14.2 Å². The quantitative estimate of drug-likeness (QED) is 0.285. The second-order valence-electron chi connectivity index (χ2n) is 7.30. The maximum atomic E-state index is 13.4. The van der Waals surface area contributed by atoms with E-state index in [0.717, 1.165) is 30.5 Å². The van der Waals surface area contributed by atoms with Crippen molar-refractivity contribution in [1.82, 2.24) is 24.1 Å². The van der Waals surface area contributed by atoms with Crippen LogP contribution in [0.25, 0.3) is 16.7 Å². The molecular weight excluding hydrogens is 526 g/mol. The Kier molecular flexibility index (Phi) is 6.39. The number of halogens is 4. The SMILES string of the molecule is CCS(=O)(=O)OC(C(=O)Nc1ccc(F)cn1)n1c(=O)c2ccc(C(F)(F)F)nc2n2nc(C#N)cc12. The summed E-state index contributed by atoms with van der Waals surface area (Å²) in [5.74, 6) is -2.86. The molecule has 1 amide bonds. The molecule has 4 rings (SSSR count). The van der Waals surface area contributed by atoms with E-state index >= 15 is 0 Å². The van der Waals surface area contributed by atoms with Crippen LogP contribution in [-0.2, 0) is 25.3 Å². The second-order valence-corrected chi connectivity index (χ2v) is 9.18. The molecule has 17 heteroatoms. The number of pyridine rings is 2. The molecule has 0 saturated heterocycles.